The Bertz CT molecular complexity index is 940. The van der Waals surface area contributed by atoms with Gasteiger partial charge in [0.15, 0.2) is 5.78 Å². The van der Waals surface area contributed by atoms with Crippen LogP contribution in [0.5, 0.6) is 0 Å². The molecular formula is C24H30O7. The molecule has 2 saturated heterocycles. The van der Waals surface area contributed by atoms with Crippen molar-refractivity contribution in [2.75, 3.05) is 7.11 Å². The van der Waals surface area contributed by atoms with Crippen molar-refractivity contribution in [2.45, 2.75) is 82.2 Å². The second kappa shape index (κ2) is 5.79. The second-order valence-electron chi connectivity index (χ2n) is 11.1. The standard InChI is InChI=1S/C24H30O7/c1-21-7-4-12(25)10-14(21)19(27)17(20(28)29-3)18-13-5-8-23(9-6-16(26)31-23)22(13,2)11-15-24(18,21)30-15/h10,13,15,17-19,27H,4-9,11H2,1-3H3/t13?,15-,17?,18?,19+,21+,22+,23-,24-/m1/s1. The number of epoxide rings is 1. The molecule has 6 rings (SSSR count). The first-order valence-electron chi connectivity index (χ1n) is 11.5. The fraction of sp³-hybridized carbons (Fsp3) is 0.792. The first-order valence-corrected chi connectivity index (χ1v) is 11.5. The van der Waals surface area contributed by atoms with Crippen LogP contribution in [0.3, 0.4) is 0 Å². The van der Waals surface area contributed by atoms with E-state index in [0.717, 1.165) is 19.3 Å². The molecule has 3 unspecified atom stereocenters. The minimum absolute atomic E-state index is 0.0134. The highest BCUT2D eigenvalue weighted by molar-refractivity contribution is 5.92. The Morgan fingerprint density at radius 2 is 1.97 bits per heavy atom. The van der Waals surface area contributed by atoms with Gasteiger partial charge in [0.1, 0.15) is 11.2 Å². The molecule has 0 bridgehead atoms. The van der Waals surface area contributed by atoms with Gasteiger partial charge in [0.2, 0.25) is 0 Å². The highest BCUT2D eigenvalue weighted by Gasteiger charge is 2.84. The van der Waals surface area contributed by atoms with Crippen LogP contribution in [-0.2, 0) is 28.6 Å². The van der Waals surface area contributed by atoms with Crippen molar-refractivity contribution >= 4 is 17.7 Å². The molecule has 3 saturated carbocycles. The largest absolute Gasteiger partial charge is 0.469 e. The summed E-state index contributed by atoms with van der Waals surface area (Å²) in [4.78, 5) is 37.5. The zero-order valence-electron chi connectivity index (χ0n) is 18.3. The molecule has 31 heavy (non-hydrogen) atoms. The van der Waals surface area contributed by atoms with Crippen LogP contribution in [-0.4, -0.2) is 53.3 Å². The van der Waals surface area contributed by atoms with Crippen LogP contribution in [0.2, 0.25) is 0 Å². The normalized spacial score (nSPS) is 54.3. The van der Waals surface area contributed by atoms with E-state index in [2.05, 4.69) is 13.8 Å². The molecule has 2 spiro atoms. The molecule has 0 radical (unpaired) electrons. The molecule has 1 N–H and O–H groups in total. The molecule has 0 aromatic heterocycles. The highest BCUT2D eigenvalue weighted by atomic mass is 16.6. The van der Waals surface area contributed by atoms with Gasteiger partial charge in [-0.1, -0.05) is 13.8 Å². The van der Waals surface area contributed by atoms with Crippen molar-refractivity contribution in [1.29, 1.82) is 0 Å². The first-order chi connectivity index (χ1) is 14.6. The van der Waals surface area contributed by atoms with Crippen LogP contribution in [0.15, 0.2) is 11.6 Å². The van der Waals surface area contributed by atoms with Crippen molar-refractivity contribution in [1.82, 2.24) is 0 Å². The number of ketones is 1. The summed E-state index contributed by atoms with van der Waals surface area (Å²) in [7, 11) is 1.35. The number of hydrogen-bond donors (Lipinski definition) is 1. The van der Waals surface area contributed by atoms with Crippen molar-refractivity contribution in [3.05, 3.63) is 11.6 Å². The molecule has 0 aromatic carbocycles. The van der Waals surface area contributed by atoms with Crippen molar-refractivity contribution < 1.29 is 33.7 Å². The molecule has 7 nitrogen and oxygen atoms in total. The minimum atomic E-state index is -1.08. The van der Waals surface area contributed by atoms with E-state index in [4.69, 9.17) is 14.2 Å². The summed E-state index contributed by atoms with van der Waals surface area (Å²) in [5.41, 5.74) is -1.29. The van der Waals surface area contributed by atoms with Gasteiger partial charge in [-0.05, 0) is 49.7 Å². The van der Waals surface area contributed by atoms with Crippen molar-refractivity contribution in [3.8, 4) is 0 Å². The molecule has 168 valence electrons. The van der Waals surface area contributed by atoms with Gasteiger partial charge in [-0.3, -0.25) is 14.4 Å². The van der Waals surface area contributed by atoms with E-state index in [1.165, 1.54) is 7.11 Å². The van der Waals surface area contributed by atoms with Gasteiger partial charge in [0.25, 0.3) is 0 Å². The van der Waals surface area contributed by atoms with Gasteiger partial charge >= 0.3 is 11.9 Å². The number of fused-ring (bicyclic) bond motifs is 4. The lowest BCUT2D eigenvalue weighted by molar-refractivity contribution is -0.179. The molecule has 7 heteroatoms. The van der Waals surface area contributed by atoms with E-state index in [1.54, 1.807) is 6.08 Å². The summed E-state index contributed by atoms with van der Waals surface area (Å²) in [6, 6.07) is 0. The zero-order chi connectivity index (χ0) is 22.0. The van der Waals surface area contributed by atoms with Crippen LogP contribution in [0, 0.1) is 28.6 Å². The Kier molecular flexibility index (Phi) is 3.72. The quantitative estimate of drug-likeness (QED) is 0.502. The van der Waals surface area contributed by atoms with Gasteiger partial charge in [-0.15, -0.1) is 0 Å². The number of methoxy groups -OCH3 is 1. The average Bonchev–Trinajstić information content (AvgIpc) is 3.23. The third-order valence-electron chi connectivity index (χ3n) is 10.3. The van der Waals surface area contributed by atoms with E-state index in [9.17, 15) is 19.5 Å². The number of aliphatic hydroxyl groups is 1. The topological polar surface area (TPSA) is 102 Å². The molecule has 0 aromatic rings. The molecule has 9 atom stereocenters. The first kappa shape index (κ1) is 19.9. The Labute approximate surface area is 181 Å². The van der Waals surface area contributed by atoms with Crippen molar-refractivity contribution in [3.63, 3.8) is 0 Å². The fourth-order valence-electron chi connectivity index (χ4n) is 8.74. The third-order valence-corrected chi connectivity index (χ3v) is 10.3. The smallest absolute Gasteiger partial charge is 0.312 e. The summed E-state index contributed by atoms with van der Waals surface area (Å²) in [5, 5.41) is 11.5. The Hall–Kier alpha value is -1.73. The second-order valence-corrected chi connectivity index (χ2v) is 11.1. The summed E-state index contributed by atoms with van der Waals surface area (Å²) < 4.78 is 17.7. The third kappa shape index (κ3) is 2.06. The van der Waals surface area contributed by atoms with Crippen LogP contribution in [0.4, 0.5) is 0 Å². The number of carbonyl (C=O) groups is 3. The molecule has 4 aliphatic carbocycles. The number of hydrogen-bond acceptors (Lipinski definition) is 7. The fourth-order valence-corrected chi connectivity index (χ4v) is 8.74. The van der Waals surface area contributed by atoms with Crippen LogP contribution < -0.4 is 0 Å². The van der Waals surface area contributed by atoms with E-state index in [-0.39, 0.29) is 35.1 Å². The SMILES string of the molecule is COC(=O)C1C2C3CC[C@@]4(CCC(=O)O4)[C@@]3(C)C[C@H]3O[C@@]23[C@@]2(C)CCC(=O)C=C2[C@@H]1O. The minimum Gasteiger partial charge on any atom is -0.469 e. The van der Waals surface area contributed by atoms with E-state index < -0.39 is 34.6 Å². The molecule has 6 aliphatic rings. The molecule has 5 fully saturated rings. The monoisotopic (exact) mass is 430 g/mol. The summed E-state index contributed by atoms with van der Waals surface area (Å²) in [5.74, 6) is -1.59. The van der Waals surface area contributed by atoms with Gasteiger partial charge in [-0.25, -0.2) is 0 Å². The number of esters is 2. The summed E-state index contributed by atoms with van der Waals surface area (Å²) in [6.45, 7) is 4.28. The lowest BCUT2D eigenvalue weighted by Gasteiger charge is -2.59. The van der Waals surface area contributed by atoms with Gasteiger partial charge in [0, 0.05) is 29.6 Å². The lowest BCUT2D eigenvalue weighted by Crippen LogP contribution is -2.66. The van der Waals surface area contributed by atoms with Crippen molar-refractivity contribution in [2.24, 2.45) is 28.6 Å². The average molecular weight is 430 g/mol. The lowest BCUT2D eigenvalue weighted by atomic mass is 9.43. The Balaban J connectivity index is 1.52. The maximum absolute atomic E-state index is 13.1. The number of carbonyl (C=O) groups excluding carboxylic acids is 3. The zero-order valence-corrected chi connectivity index (χ0v) is 18.3. The number of rotatable bonds is 1. The Morgan fingerprint density at radius 3 is 2.65 bits per heavy atom. The van der Waals surface area contributed by atoms with E-state index in [1.807, 2.05) is 0 Å². The summed E-state index contributed by atoms with van der Waals surface area (Å²) >= 11 is 0. The van der Waals surface area contributed by atoms with Gasteiger partial charge < -0.3 is 19.3 Å². The van der Waals surface area contributed by atoms with Crippen LogP contribution >= 0.6 is 0 Å². The van der Waals surface area contributed by atoms with Gasteiger partial charge in [-0.2, -0.15) is 0 Å². The molecule has 2 heterocycles. The Morgan fingerprint density at radius 1 is 1.19 bits per heavy atom. The summed E-state index contributed by atoms with van der Waals surface area (Å²) in [6.07, 6.45) is 4.91. The molecule has 2 aliphatic heterocycles. The number of ether oxygens (including phenoxy) is 3. The van der Waals surface area contributed by atoms with Gasteiger partial charge in [0.05, 0.1) is 25.2 Å². The maximum Gasteiger partial charge on any atom is 0.312 e. The van der Waals surface area contributed by atoms with Crippen LogP contribution in [0.25, 0.3) is 0 Å². The predicted octanol–water partition coefficient (Wildman–Crippen LogP) is 2.10. The van der Waals surface area contributed by atoms with Crippen LogP contribution in [0.1, 0.15) is 58.8 Å². The highest BCUT2D eigenvalue weighted by Crippen LogP contribution is 2.78. The molecule has 0 amide bonds. The molecular weight excluding hydrogens is 400 g/mol. The van der Waals surface area contributed by atoms with E-state index >= 15 is 0 Å². The van der Waals surface area contributed by atoms with E-state index in [0.29, 0.717) is 31.3 Å². The maximum atomic E-state index is 13.1. The predicted molar refractivity (Wildman–Crippen MR) is 107 cm³/mol. The number of aliphatic hydroxyl groups excluding tert-OH is 1.